The van der Waals surface area contributed by atoms with E-state index < -0.39 is 0 Å². The predicted molar refractivity (Wildman–Crippen MR) is 80.3 cm³/mol. The third-order valence-corrected chi connectivity index (χ3v) is 4.50. The number of benzene rings is 1. The number of thioether (sulfide) groups is 1. The van der Waals surface area contributed by atoms with Crippen LogP contribution in [0.15, 0.2) is 30.5 Å². The van der Waals surface area contributed by atoms with Gasteiger partial charge in [-0.3, -0.25) is 4.98 Å². The number of anilines is 2. The molecule has 1 atom stereocenters. The van der Waals surface area contributed by atoms with Crippen molar-refractivity contribution >= 4 is 34.0 Å². The van der Waals surface area contributed by atoms with Gasteiger partial charge in [0.15, 0.2) is 0 Å². The van der Waals surface area contributed by atoms with Crippen molar-refractivity contribution in [2.75, 3.05) is 29.5 Å². The molecule has 1 aliphatic heterocycles. The first kappa shape index (κ1) is 11.7. The van der Waals surface area contributed by atoms with Crippen molar-refractivity contribution in [1.82, 2.24) is 4.98 Å². The predicted octanol–water partition coefficient (Wildman–Crippen LogP) is 2.76. The molecule has 3 nitrogen and oxygen atoms in total. The summed E-state index contributed by atoms with van der Waals surface area (Å²) in [5.74, 6) is 1.19. The highest BCUT2D eigenvalue weighted by Crippen LogP contribution is 2.31. The highest BCUT2D eigenvalue weighted by atomic mass is 32.2. The Hall–Kier alpha value is -1.42. The SMILES string of the molecule is CC1CN(c2ccnc3c(N)cccc23)CCS1. The van der Waals surface area contributed by atoms with Gasteiger partial charge in [0.2, 0.25) is 0 Å². The van der Waals surface area contributed by atoms with Gasteiger partial charge in [0.1, 0.15) is 0 Å². The minimum atomic E-state index is 0.683. The molecule has 0 spiro atoms. The maximum Gasteiger partial charge on any atom is 0.0951 e. The zero-order valence-electron chi connectivity index (χ0n) is 10.5. The number of nitrogens with zero attached hydrogens (tertiary/aromatic N) is 2. The van der Waals surface area contributed by atoms with E-state index in [9.17, 15) is 0 Å². The van der Waals surface area contributed by atoms with E-state index in [2.05, 4.69) is 28.9 Å². The Kier molecular flexibility index (Phi) is 3.04. The maximum absolute atomic E-state index is 6.00. The largest absolute Gasteiger partial charge is 0.397 e. The number of pyridine rings is 1. The van der Waals surface area contributed by atoms with Crippen LogP contribution in [-0.2, 0) is 0 Å². The van der Waals surface area contributed by atoms with Crippen molar-refractivity contribution in [2.45, 2.75) is 12.2 Å². The first-order chi connectivity index (χ1) is 8.75. The third-order valence-electron chi connectivity index (χ3n) is 3.36. The van der Waals surface area contributed by atoms with Crippen LogP contribution in [-0.4, -0.2) is 29.1 Å². The van der Waals surface area contributed by atoms with Crippen molar-refractivity contribution in [3.63, 3.8) is 0 Å². The Morgan fingerprint density at radius 2 is 2.28 bits per heavy atom. The molecule has 0 saturated carbocycles. The maximum atomic E-state index is 6.00. The van der Waals surface area contributed by atoms with Gasteiger partial charge in [-0.25, -0.2) is 0 Å². The van der Waals surface area contributed by atoms with Gasteiger partial charge >= 0.3 is 0 Å². The van der Waals surface area contributed by atoms with Crippen LogP contribution in [0.2, 0.25) is 0 Å². The molecule has 1 aliphatic rings. The Morgan fingerprint density at radius 3 is 3.11 bits per heavy atom. The van der Waals surface area contributed by atoms with E-state index in [0.717, 1.165) is 29.7 Å². The second kappa shape index (κ2) is 4.69. The molecule has 18 heavy (non-hydrogen) atoms. The number of nitrogens with two attached hydrogens (primary N) is 1. The van der Waals surface area contributed by atoms with Crippen LogP contribution < -0.4 is 10.6 Å². The second-order valence-corrected chi connectivity index (χ2v) is 6.25. The van der Waals surface area contributed by atoms with Gasteiger partial charge in [-0.2, -0.15) is 11.8 Å². The number of aromatic nitrogens is 1. The Bertz CT molecular complexity index is 570. The summed E-state index contributed by atoms with van der Waals surface area (Å²) in [5, 5.41) is 1.85. The summed E-state index contributed by atoms with van der Waals surface area (Å²) in [7, 11) is 0. The molecular weight excluding hydrogens is 242 g/mol. The third kappa shape index (κ3) is 2.01. The Labute approximate surface area is 111 Å². The smallest absolute Gasteiger partial charge is 0.0951 e. The molecule has 1 unspecified atom stereocenters. The van der Waals surface area contributed by atoms with Gasteiger partial charge < -0.3 is 10.6 Å². The molecule has 4 heteroatoms. The molecule has 94 valence electrons. The van der Waals surface area contributed by atoms with Crippen LogP contribution in [0.25, 0.3) is 10.9 Å². The van der Waals surface area contributed by atoms with E-state index >= 15 is 0 Å². The van der Waals surface area contributed by atoms with Gasteiger partial charge in [-0.1, -0.05) is 19.1 Å². The Morgan fingerprint density at radius 1 is 1.39 bits per heavy atom. The van der Waals surface area contributed by atoms with Crippen LogP contribution in [0.3, 0.4) is 0 Å². The summed E-state index contributed by atoms with van der Waals surface area (Å²) < 4.78 is 0. The number of rotatable bonds is 1. The molecule has 0 radical (unpaired) electrons. The number of hydrogen-bond acceptors (Lipinski definition) is 4. The highest BCUT2D eigenvalue weighted by Gasteiger charge is 2.18. The van der Waals surface area contributed by atoms with E-state index in [1.807, 2.05) is 30.1 Å². The molecule has 1 saturated heterocycles. The fraction of sp³-hybridized carbons (Fsp3) is 0.357. The minimum Gasteiger partial charge on any atom is -0.397 e. The summed E-state index contributed by atoms with van der Waals surface area (Å²) in [4.78, 5) is 6.85. The summed E-state index contributed by atoms with van der Waals surface area (Å²) in [5.41, 5.74) is 8.94. The number of para-hydroxylation sites is 1. The van der Waals surface area contributed by atoms with Crippen molar-refractivity contribution in [1.29, 1.82) is 0 Å². The van der Waals surface area contributed by atoms with E-state index in [-0.39, 0.29) is 0 Å². The van der Waals surface area contributed by atoms with Crippen LogP contribution in [0.4, 0.5) is 11.4 Å². The van der Waals surface area contributed by atoms with Crippen LogP contribution in [0, 0.1) is 0 Å². The lowest BCUT2D eigenvalue weighted by Crippen LogP contribution is -2.36. The van der Waals surface area contributed by atoms with Crippen LogP contribution in [0.5, 0.6) is 0 Å². The van der Waals surface area contributed by atoms with Crippen molar-refractivity contribution in [3.8, 4) is 0 Å². The number of hydrogen-bond donors (Lipinski definition) is 1. The molecule has 0 amide bonds. The summed E-state index contributed by atoms with van der Waals surface area (Å²) >= 11 is 2.04. The zero-order chi connectivity index (χ0) is 12.5. The zero-order valence-corrected chi connectivity index (χ0v) is 11.3. The molecular formula is C14H17N3S. The molecule has 0 bridgehead atoms. The molecule has 2 aromatic rings. The molecule has 0 aliphatic carbocycles. The summed E-state index contributed by atoms with van der Waals surface area (Å²) in [6.07, 6.45) is 1.86. The molecule has 2 heterocycles. The minimum absolute atomic E-state index is 0.683. The quantitative estimate of drug-likeness (QED) is 0.800. The fourth-order valence-electron chi connectivity index (χ4n) is 2.50. The van der Waals surface area contributed by atoms with E-state index in [4.69, 9.17) is 5.73 Å². The van der Waals surface area contributed by atoms with Crippen LogP contribution in [0.1, 0.15) is 6.92 Å². The average Bonchev–Trinajstić information content (AvgIpc) is 2.39. The topological polar surface area (TPSA) is 42.2 Å². The second-order valence-electron chi connectivity index (χ2n) is 4.70. The normalized spacial score (nSPS) is 20.3. The molecule has 1 aromatic carbocycles. The first-order valence-corrected chi connectivity index (χ1v) is 7.30. The summed E-state index contributed by atoms with van der Waals surface area (Å²) in [6.45, 7) is 4.48. The first-order valence-electron chi connectivity index (χ1n) is 6.25. The lowest BCUT2D eigenvalue weighted by atomic mass is 10.1. The Balaban J connectivity index is 2.09. The number of nitrogen functional groups attached to an aromatic ring is 1. The molecule has 1 fully saturated rings. The lowest BCUT2D eigenvalue weighted by molar-refractivity contribution is 0.785. The van der Waals surface area contributed by atoms with Gasteiger partial charge in [0.25, 0.3) is 0 Å². The average molecular weight is 259 g/mol. The molecule has 2 N–H and O–H groups in total. The van der Waals surface area contributed by atoms with Gasteiger partial charge in [-0.15, -0.1) is 0 Å². The van der Waals surface area contributed by atoms with Gasteiger partial charge in [-0.05, 0) is 12.1 Å². The van der Waals surface area contributed by atoms with E-state index in [0.29, 0.717) is 5.25 Å². The van der Waals surface area contributed by atoms with Crippen LogP contribution >= 0.6 is 11.8 Å². The molecule has 3 rings (SSSR count). The lowest BCUT2D eigenvalue weighted by Gasteiger charge is -2.33. The number of fused-ring (bicyclic) bond motifs is 1. The standard InChI is InChI=1S/C14H17N3S/c1-10-9-17(7-8-18-10)13-5-6-16-14-11(13)3-2-4-12(14)15/h2-6,10H,7-9,15H2,1H3. The van der Waals surface area contributed by atoms with Gasteiger partial charge in [0, 0.05) is 41.4 Å². The fourth-order valence-corrected chi connectivity index (χ4v) is 3.51. The monoisotopic (exact) mass is 259 g/mol. The van der Waals surface area contributed by atoms with E-state index in [1.165, 1.54) is 11.4 Å². The van der Waals surface area contributed by atoms with E-state index in [1.54, 1.807) is 0 Å². The van der Waals surface area contributed by atoms with Crippen molar-refractivity contribution < 1.29 is 0 Å². The van der Waals surface area contributed by atoms with Gasteiger partial charge in [0.05, 0.1) is 11.2 Å². The van der Waals surface area contributed by atoms with Crippen molar-refractivity contribution in [2.24, 2.45) is 0 Å². The molecule has 1 aromatic heterocycles. The highest BCUT2D eigenvalue weighted by molar-refractivity contribution is 8.00. The summed E-state index contributed by atoms with van der Waals surface area (Å²) in [6, 6.07) is 8.13. The van der Waals surface area contributed by atoms with Crippen molar-refractivity contribution in [3.05, 3.63) is 30.5 Å².